The van der Waals surface area contributed by atoms with Gasteiger partial charge in [-0.25, -0.2) is 4.79 Å². The second-order valence-corrected chi connectivity index (χ2v) is 3.38. The van der Waals surface area contributed by atoms with Crippen LogP contribution in [0.5, 0.6) is 0 Å². The summed E-state index contributed by atoms with van der Waals surface area (Å²) in [4.78, 5) is 22.1. The molecule has 0 bridgehead atoms. The fourth-order valence-electron chi connectivity index (χ4n) is 1.36. The van der Waals surface area contributed by atoms with Crippen molar-refractivity contribution in [1.82, 2.24) is 0 Å². The highest BCUT2D eigenvalue weighted by Gasteiger charge is 2.11. The van der Waals surface area contributed by atoms with E-state index >= 15 is 0 Å². The first-order chi connectivity index (χ1) is 8.08. The van der Waals surface area contributed by atoms with Crippen molar-refractivity contribution in [2.24, 2.45) is 0 Å². The fraction of sp³-hybridized carbons (Fsp3) is 0.231. The number of carbonyl (C=O) groups excluding carboxylic acids is 2. The molecule has 0 N–H and O–H groups in total. The van der Waals surface area contributed by atoms with Crippen molar-refractivity contribution in [1.29, 1.82) is 0 Å². The van der Waals surface area contributed by atoms with Crippen molar-refractivity contribution in [3.05, 3.63) is 48.0 Å². The zero-order valence-electron chi connectivity index (χ0n) is 9.80. The van der Waals surface area contributed by atoms with Gasteiger partial charge in [-0.05, 0) is 23.8 Å². The van der Waals surface area contributed by atoms with Gasteiger partial charge in [-0.3, -0.25) is 4.79 Å². The van der Waals surface area contributed by atoms with Crippen LogP contribution in [0.25, 0.3) is 0 Å². The molecule has 4 heteroatoms. The summed E-state index contributed by atoms with van der Waals surface area (Å²) in [5.74, 6) is -0.786. The zero-order chi connectivity index (χ0) is 12.8. The first kappa shape index (κ1) is 13.0. The summed E-state index contributed by atoms with van der Waals surface area (Å²) in [6.45, 7) is 4.93. The van der Waals surface area contributed by atoms with Crippen LogP contribution < -0.4 is 0 Å². The molecule has 0 amide bonds. The van der Waals surface area contributed by atoms with Gasteiger partial charge in [-0.1, -0.05) is 18.7 Å². The van der Waals surface area contributed by atoms with E-state index in [1.165, 1.54) is 20.1 Å². The van der Waals surface area contributed by atoms with Crippen LogP contribution in [0, 0.1) is 0 Å². The molecule has 0 radical (unpaired) electrons. The van der Waals surface area contributed by atoms with E-state index in [0.29, 0.717) is 5.56 Å². The maximum atomic E-state index is 11.2. The summed E-state index contributed by atoms with van der Waals surface area (Å²) < 4.78 is 9.62. The van der Waals surface area contributed by atoms with Gasteiger partial charge < -0.3 is 9.47 Å². The number of ether oxygens (including phenoxy) is 2. The predicted molar refractivity (Wildman–Crippen MR) is 62.5 cm³/mol. The Morgan fingerprint density at radius 1 is 1.29 bits per heavy atom. The second-order valence-electron chi connectivity index (χ2n) is 3.38. The molecule has 1 aromatic rings. The molecule has 0 heterocycles. The lowest BCUT2D eigenvalue weighted by atomic mass is 10.1. The number of hydrogen-bond donors (Lipinski definition) is 0. The summed E-state index contributed by atoms with van der Waals surface area (Å²) >= 11 is 0. The second kappa shape index (κ2) is 5.84. The molecule has 0 aliphatic rings. The van der Waals surface area contributed by atoms with Gasteiger partial charge in [0, 0.05) is 6.92 Å². The Kier molecular flexibility index (Phi) is 4.46. The van der Waals surface area contributed by atoms with Crippen LogP contribution in [0.2, 0.25) is 0 Å². The molecule has 1 rings (SSSR count). The first-order valence-corrected chi connectivity index (χ1v) is 5.06. The van der Waals surface area contributed by atoms with E-state index in [1.807, 2.05) is 0 Å². The molecular formula is C13H14O4. The van der Waals surface area contributed by atoms with Crippen molar-refractivity contribution in [3.8, 4) is 0 Å². The smallest absolute Gasteiger partial charge is 0.337 e. The number of benzene rings is 1. The molecule has 0 aliphatic carbocycles. The molecule has 1 atom stereocenters. The van der Waals surface area contributed by atoms with Crippen LogP contribution in [0.3, 0.4) is 0 Å². The standard InChI is InChI=1S/C13H14O4/c1-4-12(17-9(2)14)10-5-7-11(8-6-10)13(15)16-3/h4-8,12H,1H2,2-3H3/t12-/m1/s1. The minimum Gasteiger partial charge on any atom is -0.465 e. The SMILES string of the molecule is C=C[C@@H](OC(C)=O)c1ccc(C(=O)OC)cc1. The largest absolute Gasteiger partial charge is 0.465 e. The Bertz CT molecular complexity index is 420. The molecule has 0 aliphatic heterocycles. The molecular weight excluding hydrogens is 220 g/mol. The van der Waals surface area contributed by atoms with Gasteiger partial charge >= 0.3 is 11.9 Å². The normalized spacial score (nSPS) is 11.4. The third kappa shape index (κ3) is 3.45. The van der Waals surface area contributed by atoms with Gasteiger partial charge in [0.2, 0.25) is 0 Å². The molecule has 1 aromatic carbocycles. The molecule has 0 saturated carbocycles. The van der Waals surface area contributed by atoms with Gasteiger partial charge in [-0.2, -0.15) is 0 Å². The fourth-order valence-corrected chi connectivity index (χ4v) is 1.36. The van der Waals surface area contributed by atoms with E-state index in [0.717, 1.165) is 5.56 Å². The highest BCUT2D eigenvalue weighted by Crippen LogP contribution is 2.19. The summed E-state index contributed by atoms with van der Waals surface area (Å²) in [5.41, 5.74) is 1.20. The highest BCUT2D eigenvalue weighted by atomic mass is 16.5. The van der Waals surface area contributed by atoms with E-state index in [2.05, 4.69) is 11.3 Å². The van der Waals surface area contributed by atoms with Gasteiger partial charge in [0.15, 0.2) is 0 Å². The van der Waals surface area contributed by atoms with Crippen LogP contribution in [0.4, 0.5) is 0 Å². The third-order valence-corrected chi connectivity index (χ3v) is 2.17. The van der Waals surface area contributed by atoms with E-state index in [1.54, 1.807) is 24.3 Å². The van der Waals surface area contributed by atoms with Crippen molar-refractivity contribution >= 4 is 11.9 Å². The van der Waals surface area contributed by atoms with Gasteiger partial charge in [0.05, 0.1) is 12.7 Å². The maximum absolute atomic E-state index is 11.2. The average molecular weight is 234 g/mol. The molecule has 90 valence electrons. The number of methoxy groups -OCH3 is 1. The molecule has 4 nitrogen and oxygen atoms in total. The molecule has 17 heavy (non-hydrogen) atoms. The summed E-state index contributed by atoms with van der Waals surface area (Å²) in [6, 6.07) is 6.62. The molecule has 0 unspecified atom stereocenters. The summed E-state index contributed by atoms with van der Waals surface area (Å²) in [7, 11) is 1.32. The van der Waals surface area contributed by atoms with Crippen molar-refractivity contribution in [3.63, 3.8) is 0 Å². The van der Waals surface area contributed by atoms with E-state index in [-0.39, 0.29) is 5.97 Å². The van der Waals surface area contributed by atoms with Gasteiger partial charge in [0.25, 0.3) is 0 Å². The van der Waals surface area contributed by atoms with Crippen LogP contribution in [-0.2, 0) is 14.3 Å². The van der Waals surface area contributed by atoms with Crippen LogP contribution in [-0.4, -0.2) is 19.0 Å². The van der Waals surface area contributed by atoms with E-state index < -0.39 is 12.1 Å². The topological polar surface area (TPSA) is 52.6 Å². The quantitative estimate of drug-likeness (QED) is 0.592. The lowest BCUT2D eigenvalue weighted by Crippen LogP contribution is -2.07. The van der Waals surface area contributed by atoms with Gasteiger partial charge in [0.1, 0.15) is 6.10 Å². The summed E-state index contributed by atoms with van der Waals surface area (Å²) in [6.07, 6.45) is 1.02. The Morgan fingerprint density at radius 2 is 1.88 bits per heavy atom. The highest BCUT2D eigenvalue weighted by molar-refractivity contribution is 5.89. The monoisotopic (exact) mass is 234 g/mol. The number of hydrogen-bond acceptors (Lipinski definition) is 4. The van der Waals surface area contributed by atoms with Crippen molar-refractivity contribution in [2.75, 3.05) is 7.11 Å². The number of rotatable bonds is 4. The molecule has 0 saturated heterocycles. The Labute approximate surface area is 99.8 Å². The minimum atomic E-state index is -0.501. The van der Waals surface area contributed by atoms with E-state index in [4.69, 9.17) is 4.74 Å². The maximum Gasteiger partial charge on any atom is 0.337 e. The number of carbonyl (C=O) groups is 2. The lowest BCUT2D eigenvalue weighted by molar-refractivity contribution is -0.144. The Balaban J connectivity index is 2.88. The minimum absolute atomic E-state index is 0.382. The first-order valence-electron chi connectivity index (χ1n) is 5.06. The Morgan fingerprint density at radius 3 is 2.29 bits per heavy atom. The third-order valence-electron chi connectivity index (χ3n) is 2.17. The zero-order valence-corrected chi connectivity index (χ0v) is 9.80. The molecule has 0 aromatic heterocycles. The Hall–Kier alpha value is -2.10. The molecule has 0 fully saturated rings. The van der Waals surface area contributed by atoms with Crippen LogP contribution >= 0.6 is 0 Å². The number of esters is 2. The van der Waals surface area contributed by atoms with Crippen molar-refractivity contribution in [2.45, 2.75) is 13.0 Å². The lowest BCUT2D eigenvalue weighted by Gasteiger charge is -2.13. The van der Waals surface area contributed by atoms with Gasteiger partial charge in [-0.15, -0.1) is 0 Å². The molecule has 0 spiro atoms. The van der Waals surface area contributed by atoms with Crippen LogP contribution in [0.1, 0.15) is 28.9 Å². The van der Waals surface area contributed by atoms with Crippen LogP contribution in [0.15, 0.2) is 36.9 Å². The van der Waals surface area contributed by atoms with Crippen molar-refractivity contribution < 1.29 is 19.1 Å². The predicted octanol–water partition coefficient (Wildman–Crippen LogP) is 2.26. The van der Waals surface area contributed by atoms with E-state index in [9.17, 15) is 9.59 Å². The average Bonchev–Trinajstić information content (AvgIpc) is 2.35. The summed E-state index contributed by atoms with van der Waals surface area (Å²) in [5, 5.41) is 0.